The van der Waals surface area contributed by atoms with Crippen LogP contribution in [0.1, 0.15) is 57.4 Å². The quantitative estimate of drug-likeness (QED) is 0.0724. The van der Waals surface area contributed by atoms with E-state index in [0.717, 1.165) is 13.2 Å². The number of rotatable bonds is 25. The Balaban J connectivity index is 0. The maximum Gasteiger partial charge on any atom is 1.00 e. The van der Waals surface area contributed by atoms with Crippen LogP contribution in [0.5, 0.6) is 0 Å². The van der Waals surface area contributed by atoms with Gasteiger partial charge < -0.3 is 68.2 Å². The molecule has 2 saturated heterocycles. The fraction of sp³-hybridized carbons (Fsp3) is 0.700. The van der Waals surface area contributed by atoms with Crippen LogP contribution >= 0.6 is 0 Å². The number of aliphatic hydroxyl groups excluding tert-OH is 1. The molecule has 0 radical (unpaired) electrons. The zero-order valence-electron chi connectivity index (χ0n) is 33.8. The van der Waals surface area contributed by atoms with Gasteiger partial charge in [0.05, 0.1) is 106 Å². The van der Waals surface area contributed by atoms with Crippen LogP contribution in [0, 0.1) is 0 Å². The molecule has 2 aliphatic heterocycles. The van der Waals surface area contributed by atoms with E-state index in [-0.39, 0.29) is 95.3 Å². The standard InChI is InChI=1S/C22H38O8.C12H14O2.C5H12O3.CH4.K.H2O/c1-21(23,17-29-14-12-27-10-8-25-3)19-6-5-7-20(16-19)22(2,24)18-30-15-13-28-11-9-26-4;1-11(7-13-11)9-4-3-5-10(6-9)12(2)8-14-12;1-7-4-5-8-3-2-6;;;/h5-7,16,23-24H,8-15,17-18H2,1-4H3;3-6H,7-8H2,1-2H3;6H,2-5H2,1H3;1H4;;1H2/q;;;;+1;/p-1. The molecule has 0 amide bonds. The molecule has 4 unspecified atom stereocenters. The number of benzene rings is 2. The third-order valence-electron chi connectivity index (χ3n) is 8.39. The molecule has 4 N–H and O–H groups in total. The Morgan fingerprint density at radius 2 is 0.909 bits per heavy atom. The van der Waals surface area contributed by atoms with Crippen molar-refractivity contribution in [2.75, 3.05) is 127 Å². The zero-order valence-corrected chi connectivity index (χ0v) is 36.9. The molecule has 2 aromatic carbocycles. The Morgan fingerprint density at radius 3 is 1.25 bits per heavy atom. The third-order valence-corrected chi connectivity index (χ3v) is 8.39. The van der Waals surface area contributed by atoms with Gasteiger partial charge in [-0.25, -0.2) is 0 Å². The van der Waals surface area contributed by atoms with E-state index in [0.29, 0.717) is 83.8 Å². The summed E-state index contributed by atoms with van der Waals surface area (Å²) in [7, 11) is 4.85. The van der Waals surface area contributed by atoms with Gasteiger partial charge in [-0.05, 0) is 62.1 Å². The van der Waals surface area contributed by atoms with Crippen molar-refractivity contribution in [3.05, 3.63) is 70.8 Å². The fourth-order valence-corrected chi connectivity index (χ4v) is 4.66. The van der Waals surface area contributed by atoms with Gasteiger partial charge >= 0.3 is 51.4 Å². The van der Waals surface area contributed by atoms with Gasteiger partial charge in [0.25, 0.3) is 0 Å². The topological polar surface area (TPSA) is 190 Å². The summed E-state index contributed by atoms with van der Waals surface area (Å²) in [6, 6.07) is 15.7. The summed E-state index contributed by atoms with van der Waals surface area (Å²) in [5.41, 5.74) is 1.40. The van der Waals surface area contributed by atoms with Crippen LogP contribution in [0.4, 0.5) is 0 Å². The number of ether oxygens (including phenoxy) is 10. The Hall–Kier alpha value is -0.484. The summed E-state index contributed by atoms with van der Waals surface area (Å²) in [6.07, 6.45) is 0. The van der Waals surface area contributed by atoms with Crippen molar-refractivity contribution >= 4 is 0 Å². The van der Waals surface area contributed by atoms with Gasteiger partial charge in [0.2, 0.25) is 0 Å². The SMILES string of the molecule is C.CC1(c2cccc(C3(C)CO3)c2)CO1.COCCOCCO.COCCOCCOCC(C)(O)c1cccc(C(C)(O)COCCOCCOC)c1.[K+].[OH-]. The first-order valence-corrected chi connectivity index (χ1v) is 17.8. The molecule has 2 heterocycles. The average molecular weight is 813 g/mol. The van der Waals surface area contributed by atoms with E-state index in [1.54, 1.807) is 47.3 Å². The summed E-state index contributed by atoms with van der Waals surface area (Å²) in [5.74, 6) is 0. The largest absolute Gasteiger partial charge is 1.00 e. The van der Waals surface area contributed by atoms with Crippen LogP contribution in [0.3, 0.4) is 0 Å². The van der Waals surface area contributed by atoms with Gasteiger partial charge in [-0.2, -0.15) is 0 Å². The second-order valence-electron chi connectivity index (χ2n) is 13.4. The number of epoxide rings is 2. The van der Waals surface area contributed by atoms with Gasteiger partial charge in [-0.1, -0.05) is 43.8 Å². The fourth-order valence-electron chi connectivity index (χ4n) is 4.66. The monoisotopic (exact) mass is 812 g/mol. The first-order valence-electron chi connectivity index (χ1n) is 17.8. The molecule has 2 fully saturated rings. The minimum Gasteiger partial charge on any atom is -0.870 e. The van der Waals surface area contributed by atoms with Crippen molar-refractivity contribution in [2.45, 2.75) is 57.5 Å². The van der Waals surface area contributed by atoms with E-state index in [1.807, 2.05) is 12.1 Å². The first kappa shape index (κ1) is 56.6. The van der Waals surface area contributed by atoms with Crippen molar-refractivity contribution in [3.63, 3.8) is 0 Å². The number of hydrogen-bond donors (Lipinski definition) is 3. The molecule has 15 heteroatoms. The van der Waals surface area contributed by atoms with Crippen LogP contribution in [0.2, 0.25) is 0 Å². The Bertz CT molecular complexity index is 1140. The normalized spacial score (nSPS) is 20.0. The van der Waals surface area contributed by atoms with Crippen LogP contribution in [-0.4, -0.2) is 148 Å². The smallest absolute Gasteiger partial charge is 0.870 e. The van der Waals surface area contributed by atoms with Crippen LogP contribution in [-0.2, 0) is 69.8 Å². The molecular weight excluding hydrogens is 744 g/mol. The second kappa shape index (κ2) is 30.5. The van der Waals surface area contributed by atoms with Crippen molar-refractivity contribution in [1.82, 2.24) is 0 Å². The number of methoxy groups -OCH3 is 3. The molecule has 0 aliphatic carbocycles. The Morgan fingerprint density at radius 1 is 0.582 bits per heavy atom. The first-order chi connectivity index (χ1) is 24.9. The van der Waals surface area contributed by atoms with E-state index in [1.165, 1.54) is 11.1 Å². The van der Waals surface area contributed by atoms with Crippen LogP contribution in [0.25, 0.3) is 0 Å². The molecule has 0 bridgehead atoms. The van der Waals surface area contributed by atoms with Crippen molar-refractivity contribution < 1.29 is 120 Å². The summed E-state index contributed by atoms with van der Waals surface area (Å²) in [5, 5.41) is 29.8. The van der Waals surface area contributed by atoms with Gasteiger partial charge in [-0.3, -0.25) is 0 Å². The summed E-state index contributed by atoms with van der Waals surface area (Å²) in [4.78, 5) is 0. The van der Waals surface area contributed by atoms with E-state index in [2.05, 4.69) is 42.8 Å². The molecular formula is C40H69KO14. The summed E-state index contributed by atoms with van der Waals surface area (Å²) < 4.78 is 52.0. The average Bonchev–Trinajstić information content (AvgIpc) is 4.08. The van der Waals surface area contributed by atoms with E-state index in [4.69, 9.17) is 47.7 Å². The third kappa shape index (κ3) is 23.0. The minimum atomic E-state index is -1.20. The molecule has 4 atom stereocenters. The summed E-state index contributed by atoms with van der Waals surface area (Å²) >= 11 is 0. The molecule has 0 saturated carbocycles. The van der Waals surface area contributed by atoms with Crippen LogP contribution < -0.4 is 51.4 Å². The van der Waals surface area contributed by atoms with Gasteiger partial charge in [0.1, 0.15) is 22.4 Å². The van der Waals surface area contributed by atoms with Crippen molar-refractivity contribution in [3.8, 4) is 0 Å². The molecule has 0 spiro atoms. The molecule has 2 aromatic rings. The predicted molar refractivity (Wildman–Crippen MR) is 204 cm³/mol. The molecule has 0 aromatic heterocycles. The zero-order chi connectivity index (χ0) is 38.4. The van der Waals surface area contributed by atoms with Gasteiger partial charge in [0.15, 0.2) is 0 Å². The maximum absolute atomic E-state index is 10.8. The Kier molecular flexibility index (Phi) is 31.4. The number of aliphatic hydroxyl groups is 3. The Labute approximate surface area is 372 Å². The maximum atomic E-state index is 10.8. The molecule has 55 heavy (non-hydrogen) atoms. The second-order valence-corrected chi connectivity index (χ2v) is 13.4. The molecule has 4 rings (SSSR count). The predicted octanol–water partition coefficient (Wildman–Crippen LogP) is 0.743. The minimum absolute atomic E-state index is 0. The summed E-state index contributed by atoms with van der Waals surface area (Å²) in [6.45, 7) is 14.9. The molecule has 14 nitrogen and oxygen atoms in total. The van der Waals surface area contributed by atoms with Crippen molar-refractivity contribution in [2.24, 2.45) is 0 Å². The van der Waals surface area contributed by atoms with Crippen LogP contribution in [0.15, 0.2) is 48.5 Å². The van der Waals surface area contributed by atoms with Gasteiger partial charge in [-0.15, -0.1) is 0 Å². The number of hydrogen-bond acceptors (Lipinski definition) is 14. The molecule has 2 aliphatic rings. The molecule has 314 valence electrons. The van der Waals surface area contributed by atoms with E-state index < -0.39 is 11.2 Å². The van der Waals surface area contributed by atoms with E-state index >= 15 is 0 Å². The van der Waals surface area contributed by atoms with Gasteiger partial charge in [0, 0.05) is 21.3 Å². The van der Waals surface area contributed by atoms with E-state index in [9.17, 15) is 10.2 Å². The van der Waals surface area contributed by atoms with Crippen molar-refractivity contribution in [1.29, 1.82) is 0 Å².